The van der Waals surface area contributed by atoms with E-state index in [2.05, 4.69) is 16.8 Å². The molecular weight excluding hydrogens is 254 g/mol. The molecule has 0 N–H and O–H groups in total. The summed E-state index contributed by atoms with van der Waals surface area (Å²) in [5, 5.41) is 10.5. The zero-order chi connectivity index (χ0) is 15.5. The fraction of sp³-hybridized carbons (Fsp3) is 0.600. The van der Waals surface area contributed by atoms with Gasteiger partial charge in [0, 0.05) is 44.0 Å². The summed E-state index contributed by atoms with van der Waals surface area (Å²) in [5.74, 6) is 0. The van der Waals surface area contributed by atoms with E-state index in [-0.39, 0.29) is 10.6 Å². The number of non-ortho nitro benzene ring substituents is 1. The van der Waals surface area contributed by atoms with E-state index in [1.165, 1.54) is 0 Å². The maximum Gasteiger partial charge on any atom is 0.269 e. The number of nitro benzene ring substituents is 1. The molecule has 1 heterocycles. The van der Waals surface area contributed by atoms with Crippen molar-refractivity contribution >= 4 is 11.4 Å². The quantitative estimate of drug-likeness (QED) is 0.616. The Morgan fingerprint density at radius 2 is 1.40 bits per heavy atom. The SMILES string of the molecule is CC.CC.CN1CCN(c2ccc([N+](=O)[O-])cc2)CC1. The van der Waals surface area contributed by atoms with E-state index in [4.69, 9.17) is 0 Å². The first-order valence-corrected chi connectivity index (χ1v) is 7.35. The topological polar surface area (TPSA) is 49.6 Å². The van der Waals surface area contributed by atoms with Crippen LogP contribution < -0.4 is 4.90 Å². The Morgan fingerprint density at radius 3 is 1.80 bits per heavy atom. The van der Waals surface area contributed by atoms with Gasteiger partial charge in [-0.25, -0.2) is 0 Å². The van der Waals surface area contributed by atoms with Crippen LogP contribution in [-0.2, 0) is 0 Å². The Hall–Kier alpha value is -1.62. The van der Waals surface area contributed by atoms with Crippen molar-refractivity contribution in [1.29, 1.82) is 0 Å². The van der Waals surface area contributed by atoms with Crippen LogP contribution in [0.1, 0.15) is 27.7 Å². The van der Waals surface area contributed by atoms with Gasteiger partial charge in [-0.2, -0.15) is 0 Å². The predicted molar refractivity (Wildman–Crippen MR) is 85.5 cm³/mol. The molecular formula is C15H27N3O2. The molecule has 1 aromatic carbocycles. The van der Waals surface area contributed by atoms with Crippen molar-refractivity contribution in [3.63, 3.8) is 0 Å². The Bertz CT molecular complexity index is 371. The second kappa shape index (κ2) is 10.2. The molecule has 0 radical (unpaired) electrons. The molecule has 2 rings (SSSR count). The Balaban J connectivity index is 0.000000829. The molecule has 1 aliphatic rings. The highest BCUT2D eigenvalue weighted by atomic mass is 16.6. The van der Waals surface area contributed by atoms with Gasteiger partial charge >= 0.3 is 0 Å². The number of nitro groups is 1. The lowest BCUT2D eigenvalue weighted by molar-refractivity contribution is -0.384. The summed E-state index contributed by atoms with van der Waals surface area (Å²) in [5.41, 5.74) is 1.22. The fourth-order valence-electron chi connectivity index (χ4n) is 1.85. The largest absolute Gasteiger partial charge is 0.369 e. The third-order valence-electron chi connectivity index (χ3n) is 2.93. The van der Waals surface area contributed by atoms with Crippen molar-refractivity contribution in [3.8, 4) is 0 Å². The van der Waals surface area contributed by atoms with Crippen molar-refractivity contribution < 1.29 is 4.92 Å². The maximum atomic E-state index is 10.5. The first-order chi connectivity index (χ1) is 9.66. The van der Waals surface area contributed by atoms with E-state index in [1.54, 1.807) is 12.1 Å². The lowest BCUT2D eigenvalue weighted by Gasteiger charge is -2.33. The summed E-state index contributed by atoms with van der Waals surface area (Å²) in [4.78, 5) is 14.7. The lowest BCUT2D eigenvalue weighted by Crippen LogP contribution is -2.44. The van der Waals surface area contributed by atoms with Gasteiger partial charge in [-0.3, -0.25) is 10.1 Å². The molecule has 0 atom stereocenters. The van der Waals surface area contributed by atoms with Gasteiger partial charge in [0.05, 0.1) is 4.92 Å². The van der Waals surface area contributed by atoms with E-state index in [1.807, 2.05) is 39.8 Å². The molecule has 0 aliphatic carbocycles. The van der Waals surface area contributed by atoms with Crippen LogP contribution in [0.25, 0.3) is 0 Å². The Kier molecular flexibility index (Phi) is 9.38. The third kappa shape index (κ3) is 5.57. The number of benzene rings is 1. The minimum Gasteiger partial charge on any atom is -0.369 e. The summed E-state index contributed by atoms with van der Waals surface area (Å²) in [6.45, 7) is 12.0. The van der Waals surface area contributed by atoms with Crippen LogP contribution >= 0.6 is 0 Å². The molecule has 0 aromatic heterocycles. The molecule has 5 nitrogen and oxygen atoms in total. The average molecular weight is 281 g/mol. The molecule has 0 spiro atoms. The number of hydrogen-bond acceptors (Lipinski definition) is 4. The van der Waals surface area contributed by atoms with Crippen molar-refractivity contribution in [2.24, 2.45) is 0 Å². The van der Waals surface area contributed by atoms with Gasteiger partial charge in [0.2, 0.25) is 0 Å². The third-order valence-corrected chi connectivity index (χ3v) is 2.93. The maximum absolute atomic E-state index is 10.5. The van der Waals surface area contributed by atoms with Crippen molar-refractivity contribution in [2.75, 3.05) is 38.1 Å². The molecule has 0 unspecified atom stereocenters. The van der Waals surface area contributed by atoms with Crippen LogP contribution in [0.15, 0.2) is 24.3 Å². The number of likely N-dealkylation sites (N-methyl/N-ethyl adjacent to an activating group) is 1. The molecule has 114 valence electrons. The second-order valence-corrected chi connectivity index (χ2v) is 4.06. The first kappa shape index (κ1) is 18.4. The molecule has 0 amide bonds. The van der Waals surface area contributed by atoms with E-state index < -0.39 is 0 Å². The smallest absolute Gasteiger partial charge is 0.269 e. The van der Waals surface area contributed by atoms with Crippen molar-refractivity contribution in [2.45, 2.75) is 27.7 Å². The molecule has 5 heteroatoms. The fourth-order valence-corrected chi connectivity index (χ4v) is 1.85. The van der Waals surface area contributed by atoms with Crippen LogP contribution in [0, 0.1) is 10.1 Å². The van der Waals surface area contributed by atoms with Gasteiger partial charge in [-0.05, 0) is 19.2 Å². The normalized spacial score (nSPS) is 14.6. The van der Waals surface area contributed by atoms with Gasteiger partial charge in [-0.15, -0.1) is 0 Å². The van der Waals surface area contributed by atoms with Crippen LogP contribution in [0.4, 0.5) is 11.4 Å². The van der Waals surface area contributed by atoms with Gasteiger partial charge < -0.3 is 9.80 Å². The van der Waals surface area contributed by atoms with Gasteiger partial charge in [0.15, 0.2) is 0 Å². The number of nitrogens with zero attached hydrogens (tertiary/aromatic N) is 3. The van der Waals surface area contributed by atoms with Crippen LogP contribution in [0.3, 0.4) is 0 Å². The number of piperazine rings is 1. The van der Waals surface area contributed by atoms with Crippen LogP contribution in [0.2, 0.25) is 0 Å². The molecule has 0 saturated carbocycles. The van der Waals surface area contributed by atoms with Gasteiger partial charge in [0.25, 0.3) is 5.69 Å². The number of hydrogen-bond donors (Lipinski definition) is 0. The predicted octanol–water partition coefficient (Wildman–Crippen LogP) is 3.40. The zero-order valence-electron chi connectivity index (χ0n) is 13.3. The van der Waals surface area contributed by atoms with Crippen LogP contribution in [-0.4, -0.2) is 43.0 Å². The van der Waals surface area contributed by atoms with Crippen molar-refractivity contribution in [3.05, 3.63) is 34.4 Å². The minimum atomic E-state index is -0.367. The zero-order valence-corrected chi connectivity index (χ0v) is 13.3. The molecule has 0 bridgehead atoms. The number of rotatable bonds is 2. The minimum absolute atomic E-state index is 0.151. The van der Waals surface area contributed by atoms with Crippen molar-refractivity contribution in [1.82, 2.24) is 4.90 Å². The van der Waals surface area contributed by atoms with E-state index in [0.717, 1.165) is 31.9 Å². The Labute approximate surface area is 122 Å². The molecule has 1 fully saturated rings. The summed E-state index contributed by atoms with van der Waals surface area (Å²) < 4.78 is 0. The average Bonchev–Trinajstić information content (AvgIpc) is 2.52. The molecule has 1 aliphatic heterocycles. The van der Waals surface area contributed by atoms with E-state index in [0.29, 0.717) is 0 Å². The standard InChI is InChI=1S/C11H15N3O2.2C2H6/c1-12-6-8-13(9-7-12)10-2-4-11(5-3-10)14(15)16;2*1-2/h2-5H,6-9H2,1H3;2*1-2H3. The van der Waals surface area contributed by atoms with Gasteiger partial charge in [-0.1, -0.05) is 27.7 Å². The van der Waals surface area contributed by atoms with Crippen LogP contribution in [0.5, 0.6) is 0 Å². The highest BCUT2D eigenvalue weighted by molar-refractivity contribution is 5.51. The van der Waals surface area contributed by atoms with Gasteiger partial charge in [0.1, 0.15) is 0 Å². The first-order valence-electron chi connectivity index (χ1n) is 7.35. The number of anilines is 1. The summed E-state index contributed by atoms with van der Waals surface area (Å²) in [6.07, 6.45) is 0. The molecule has 1 saturated heterocycles. The summed E-state index contributed by atoms with van der Waals surface area (Å²) in [7, 11) is 2.10. The second-order valence-electron chi connectivity index (χ2n) is 4.06. The highest BCUT2D eigenvalue weighted by Crippen LogP contribution is 2.20. The lowest BCUT2D eigenvalue weighted by atomic mass is 10.2. The highest BCUT2D eigenvalue weighted by Gasteiger charge is 2.14. The molecule has 1 aromatic rings. The van der Waals surface area contributed by atoms with E-state index in [9.17, 15) is 10.1 Å². The monoisotopic (exact) mass is 281 g/mol. The summed E-state index contributed by atoms with van der Waals surface area (Å²) in [6, 6.07) is 6.77. The Morgan fingerprint density at radius 1 is 0.950 bits per heavy atom. The van der Waals surface area contributed by atoms with E-state index >= 15 is 0 Å². The summed E-state index contributed by atoms with van der Waals surface area (Å²) >= 11 is 0. The molecule has 20 heavy (non-hydrogen) atoms.